The molecule has 0 aliphatic rings. The summed E-state index contributed by atoms with van der Waals surface area (Å²) in [4.78, 5) is 17.3. The summed E-state index contributed by atoms with van der Waals surface area (Å²) >= 11 is 0. The largest absolute Gasteiger partial charge is 0.497 e. The zero-order chi connectivity index (χ0) is 18.2. The van der Waals surface area contributed by atoms with Gasteiger partial charge in [0.15, 0.2) is 6.04 Å². The van der Waals surface area contributed by atoms with E-state index in [1.807, 2.05) is 72.0 Å². The van der Waals surface area contributed by atoms with Gasteiger partial charge in [-0.05, 0) is 24.3 Å². The first-order valence-corrected chi connectivity index (χ1v) is 8.49. The number of ether oxygens (including phenoxy) is 1. The minimum Gasteiger partial charge on any atom is -0.497 e. The number of methoxy groups -OCH3 is 1. The number of carbonyl (C=O) groups is 1. The van der Waals surface area contributed by atoms with Gasteiger partial charge in [0, 0.05) is 23.5 Å². The van der Waals surface area contributed by atoms with Crippen LogP contribution in [-0.4, -0.2) is 18.0 Å². The topological polar surface area (TPSA) is 67.8 Å². The van der Waals surface area contributed by atoms with Gasteiger partial charge in [-0.15, -0.1) is 0 Å². The highest BCUT2D eigenvalue weighted by Crippen LogP contribution is 2.18. The molecule has 1 amide bonds. The van der Waals surface area contributed by atoms with E-state index in [4.69, 9.17) is 4.74 Å². The number of pyridine rings is 1. The standard InChI is InChI=1S/C21H21N3O2/c1-26-19-12-7-11-17(14-19)24-21(25)20(16-8-3-2-4-9-16)23-15-18-10-5-6-13-22-18/h2-14,20,23H,15H2,1H3,(H,24,25)/p+1/t20-/m1/s1. The number of nitrogens with one attached hydrogen (secondary N) is 1. The summed E-state index contributed by atoms with van der Waals surface area (Å²) in [6.07, 6.45) is 1.76. The summed E-state index contributed by atoms with van der Waals surface area (Å²) in [5.41, 5.74) is 2.59. The molecular weight excluding hydrogens is 326 g/mol. The van der Waals surface area contributed by atoms with Crippen molar-refractivity contribution in [3.05, 3.63) is 90.3 Å². The first-order chi connectivity index (χ1) is 12.8. The number of aromatic nitrogens is 1. The smallest absolute Gasteiger partial charge is 0.287 e. The molecule has 0 fully saturated rings. The second-order valence-electron chi connectivity index (χ2n) is 5.87. The van der Waals surface area contributed by atoms with E-state index < -0.39 is 0 Å². The molecule has 1 aromatic heterocycles. The first kappa shape index (κ1) is 17.6. The Hall–Kier alpha value is -3.18. The maximum Gasteiger partial charge on any atom is 0.287 e. The van der Waals surface area contributed by atoms with Gasteiger partial charge in [-0.2, -0.15) is 0 Å². The van der Waals surface area contributed by atoms with E-state index in [1.165, 1.54) is 0 Å². The molecule has 3 aromatic rings. The fraction of sp³-hybridized carbons (Fsp3) is 0.143. The zero-order valence-electron chi connectivity index (χ0n) is 14.6. The SMILES string of the molecule is COc1cccc(NC(=O)[C@H]([NH2+]Cc2ccccn2)c2ccccc2)c1. The molecule has 1 atom stereocenters. The van der Waals surface area contributed by atoms with E-state index in [-0.39, 0.29) is 11.9 Å². The molecule has 3 rings (SSSR count). The summed E-state index contributed by atoms with van der Waals surface area (Å²) in [7, 11) is 1.61. The Kier molecular flexibility index (Phi) is 5.96. The van der Waals surface area contributed by atoms with Crippen LogP contribution in [0.2, 0.25) is 0 Å². The van der Waals surface area contributed by atoms with Crippen LogP contribution >= 0.6 is 0 Å². The highest BCUT2D eigenvalue weighted by Gasteiger charge is 2.24. The number of nitrogens with two attached hydrogens (primary N) is 1. The molecule has 0 saturated carbocycles. The average molecular weight is 348 g/mol. The van der Waals surface area contributed by atoms with Crippen LogP contribution in [0.25, 0.3) is 0 Å². The van der Waals surface area contributed by atoms with Crippen molar-refractivity contribution in [3.8, 4) is 5.75 Å². The molecular formula is C21H22N3O2+. The first-order valence-electron chi connectivity index (χ1n) is 8.49. The van der Waals surface area contributed by atoms with Crippen molar-refractivity contribution in [1.82, 2.24) is 4.98 Å². The van der Waals surface area contributed by atoms with Crippen molar-refractivity contribution in [2.45, 2.75) is 12.6 Å². The molecule has 0 spiro atoms. The molecule has 132 valence electrons. The Labute approximate surface area is 153 Å². The molecule has 0 bridgehead atoms. The Balaban J connectivity index is 1.76. The summed E-state index contributed by atoms with van der Waals surface area (Å²) in [6.45, 7) is 0.617. The minimum absolute atomic E-state index is 0.0830. The summed E-state index contributed by atoms with van der Waals surface area (Å²) in [6, 6.07) is 22.5. The van der Waals surface area contributed by atoms with Crippen molar-refractivity contribution in [3.63, 3.8) is 0 Å². The molecule has 26 heavy (non-hydrogen) atoms. The Morgan fingerprint density at radius 3 is 2.62 bits per heavy atom. The van der Waals surface area contributed by atoms with Gasteiger partial charge in [-0.3, -0.25) is 9.78 Å². The number of hydrogen-bond donors (Lipinski definition) is 2. The van der Waals surface area contributed by atoms with E-state index in [0.29, 0.717) is 18.0 Å². The van der Waals surface area contributed by atoms with E-state index >= 15 is 0 Å². The van der Waals surface area contributed by atoms with Crippen LogP contribution in [0.3, 0.4) is 0 Å². The number of carbonyl (C=O) groups excluding carboxylic acids is 1. The molecule has 0 unspecified atom stereocenters. The van der Waals surface area contributed by atoms with Gasteiger partial charge in [-0.25, -0.2) is 0 Å². The maximum absolute atomic E-state index is 12.9. The number of hydrogen-bond acceptors (Lipinski definition) is 3. The van der Waals surface area contributed by atoms with Crippen molar-refractivity contribution >= 4 is 11.6 Å². The molecule has 5 nitrogen and oxygen atoms in total. The fourth-order valence-electron chi connectivity index (χ4n) is 2.73. The van der Waals surface area contributed by atoms with Crippen LogP contribution in [0.4, 0.5) is 5.69 Å². The highest BCUT2D eigenvalue weighted by molar-refractivity contribution is 5.94. The molecule has 5 heteroatoms. The van der Waals surface area contributed by atoms with Gasteiger partial charge in [0.25, 0.3) is 5.91 Å². The number of nitrogens with zero attached hydrogens (tertiary/aromatic N) is 1. The van der Waals surface area contributed by atoms with Crippen LogP contribution in [0.5, 0.6) is 5.75 Å². The molecule has 0 aliphatic carbocycles. The van der Waals surface area contributed by atoms with Crippen molar-refractivity contribution in [1.29, 1.82) is 0 Å². The minimum atomic E-state index is -0.371. The molecule has 0 saturated heterocycles. The fourth-order valence-corrected chi connectivity index (χ4v) is 2.73. The lowest BCUT2D eigenvalue weighted by atomic mass is 10.1. The van der Waals surface area contributed by atoms with Crippen LogP contribution in [0.1, 0.15) is 17.3 Å². The van der Waals surface area contributed by atoms with Crippen LogP contribution in [-0.2, 0) is 11.3 Å². The predicted octanol–water partition coefficient (Wildman–Crippen LogP) is 2.53. The monoisotopic (exact) mass is 348 g/mol. The van der Waals surface area contributed by atoms with E-state index in [1.54, 1.807) is 19.4 Å². The number of benzene rings is 2. The molecule has 0 aliphatic heterocycles. The molecule has 1 heterocycles. The van der Waals surface area contributed by atoms with Gasteiger partial charge in [0.2, 0.25) is 0 Å². The van der Waals surface area contributed by atoms with Crippen molar-refractivity contribution in [2.75, 3.05) is 12.4 Å². The Bertz CT molecular complexity index is 838. The normalized spacial score (nSPS) is 11.6. The average Bonchev–Trinajstić information content (AvgIpc) is 2.70. The molecule has 2 aromatic carbocycles. The third-order valence-electron chi connectivity index (χ3n) is 4.07. The van der Waals surface area contributed by atoms with Crippen LogP contribution in [0, 0.1) is 0 Å². The lowest BCUT2D eigenvalue weighted by Crippen LogP contribution is -2.86. The van der Waals surface area contributed by atoms with Gasteiger partial charge in [0.1, 0.15) is 12.3 Å². The zero-order valence-corrected chi connectivity index (χ0v) is 14.6. The Morgan fingerprint density at radius 2 is 1.88 bits per heavy atom. The lowest BCUT2D eigenvalue weighted by molar-refractivity contribution is -0.698. The van der Waals surface area contributed by atoms with Crippen LogP contribution in [0.15, 0.2) is 79.0 Å². The third-order valence-corrected chi connectivity index (χ3v) is 4.07. The van der Waals surface area contributed by atoms with Gasteiger partial charge < -0.3 is 15.4 Å². The van der Waals surface area contributed by atoms with Crippen molar-refractivity contribution in [2.24, 2.45) is 0 Å². The number of amides is 1. The Morgan fingerprint density at radius 1 is 1.08 bits per heavy atom. The summed E-state index contributed by atoms with van der Waals surface area (Å²) < 4.78 is 5.22. The van der Waals surface area contributed by atoms with Gasteiger partial charge in [-0.1, -0.05) is 42.5 Å². The number of anilines is 1. The predicted molar refractivity (Wildman–Crippen MR) is 101 cm³/mol. The van der Waals surface area contributed by atoms with Crippen molar-refractivity contribution < 1.29 is 14.8 Å². The number of rotatable bonds is 7. The molecule has 3 N–H and O–H groups in total. The highest BCUT2D eigenvalue weighted by atomic mass is 16.5. The molecule has 0 radical (unpaired) electrons. The second-order valence-corrected chi connectivity index (χ2v) is 5.87. The third kappa shape index (κ3) is 4.68. The quantitative estimate of drug-likeness (QED) is 0.689. The summed E-state index contributed by atoms with van der Waals surface area (Å²) in [5.74, 6) is 0.622. The second kappa shape index (κ2) is 8.78. The van der Waals surface area contributed by atoms with E-state index in [0.717, 1.165) is 11.3 Å². The number of quaternary nitrogens is 1. The maximum atomic E-state index is 12.9. The lowest BCUT2D eigenvalue weighted by Gasteiger charge is -2.16. The summed E-state index contributed by atoms with van der Waals surface area (Å²) in [5, 5.41) is 4.97. The van der Waals surface area contributed by atoms with E-state index in [9.17, 15) is 4.79 Å². The van der Waals surface area contributed by atoms with Gasteiger partial charge >= 0.3 is 0 Å². The van der Waals surface area contributed by atoms with E-state index in [2.05, 4.69) is 10.3 Å². The van der Waals surface area contributed by atoms with Crippen LogP contribution < -0.4 is 15.4 Å². The van der Waals surface area contributed by atoms with Gasteiger partial charge in [0.05, 0.1) is 12.8 Å².